The van der Waals surface area contributed by atoms with Crippen molar-refractivity contribution in [3.63, 3.8) is 0 Å². The van der Waals surface area contributed by atoms with Gasteiger partial charge in [-0.3, -0.25) is 10.1 Å². The van der Waals surface area contributed by atoms with E-state index in [9.17, 15) is 10.1 Å². The standard InChI is InChI=1S/C7H6BrNO3S/c1-12-6-3-5(9(10)11)7(13)2-4(6)8/h2-3,13H,1H3. The number of halogens is 1. The van der Waals surface area contributed by atoms with E-state index >= 15 is 0 Å². The number of ether oxygens (including phenoxy) is 1. The first-order valence-corrected chi connectivity index (χ1v) is 4.51. The van der Waals surface area contributed by atoms with E-state index in [4.69, 9.17) is 4.74 Å². The lowest BCUT2D eigenvalue weighted by molar-refractivity contribution is -0.387. The second-order valence-electron chi connectivity index (χ2n) is 2.23. The smallest absolute Gasteiger partial charge is 0.286 e. The topological polar surface area (TPSA) is 52.4 Å². The van der Waals surface area contributed by atoms with Gasteiger partial charge in [-0.15, -0.1) is 12.6 Å². The van der Waals surface area contributed by atoms with Crippen LogP contribution in [0.1, 0.15) is 0 Å². The zero-order chi connectivity index (χ0) is 10.0. The number of hydrogen-bond donors (Lipinski definition) is 1. The number of methoxy groups -OCH3 is 1. The lowest BCUT2D eigenvalue weighted by Crippen LogP contribution is -1.92. The summed E-state index contributed by atoms with van der Waals surface area (Å²) in [7, 11) is 1.45. The molecule has 1 rings (SSSR count). The van der Waals surface area contributed by atoms with E-state index in [2.05, 4.69) is 28.6 Å². The van der Waals surface area contributed by atoms with Gasteiger partial charge in [-0.25, -0.2) is 0 Å². The van der Waals surface area contributed by atoms with Crippen LogP contribution in [0, 0.1) is 10.1 Å². The molecule has 0 aliphatic carbocycles. The molecule has 0 heterocycles. The third kappa shape index (κ3) is 2.13. The molecule has 70 valence electrons. The maximum atomic E-state index is 10.5. The van der Waals surface area contributed by atoms with E-state index < -0.39 is 4.92 Å². The molecule has 0 radical (unpaired) electrons. The van der Waals surface area contributed by atoms with Crippen LogP contribution in [-0.2, 0) is 0 Å². The molecule has 13 heavy (non-hydrogen) atoms. The first-order valence-electron chi connectivity index (χ1n) is 3.27. The molecule has 0 aliphatic rings. The predicted octanol–water partition coefficient (Wildman–Crippen LogP) is 2.65. The van der Waals surface area contributed by atoms with Gasteiger partial charge in [0.15, 0.2) is 0 Å². The first-order chi connectivity index (χ1) is 6.06. The molecule has 0 fully saturated rings. The molecular formula is C7H6BrNO3S. The SMILES string of the molecule is COc1cc([N+](=O)[O-])c(S)cc1Br. The zero-order valence-electron chi connectivity index (χ0n) is 6.65. The van der Waals surface area contributed by atoms with Crippen molar-refractivity contribution in [2.75, 3.05) is 7.11 Å². The minimum Gasteiger partial charge on any atom is -0.495 e. The summed E-state index contributed by atoms with van der Waals surface area (Å²) in [4.78, 5) is 10.3. The highest BCUT2D eigenvalue weighted by Gasteiger charge is 2.14. The van der Waals surface area contributed by atoms with Gasteiger partial charge < -0.3 is 4.74 Å². The van der Waals surface area contributed by atoms with Gasteiger partial charge in [0, 0.05) is 0 Å². The minimum absolute atomic E-state index is 0.0663. The molecule has 0 bridgehead atoms. The van der Waals surface area contributed by atoms with Gasteiger partial charge >= 0.3 is 0 Å². The van der Waals surface area contributed by atoms with Crippen LogP contribution in [-0.4, -0.2) is 12.0 Å². The number of benzene rings is 1. The quantitative estimate of drug-likeness (QED) is 0.507. The van der Waals surface area contributed by atoms with Gasteiger partial charge in [-0.05, 0) is 22.0 Å². The number of hydrogen-bond acceptors (Lipinski definition) is 4. The second kappa shape index (κ2) is 3.97. The number of nitro groups is 1. The van der Waals surface area contributed by atoms with Crippen LogP contribution in [0.4, 0.5) is 5.69 Å². The van der Waals surface area contributed by atoms with Crippen LogP contribution in [0.3, 0.4) is 0 Å². The Labute approximate surface area is 88.6 Å². The van der Waals surface area contributed by atoms with Crippen molar-refractivity contribution >= 4 is 34.2 Å². The molecule has 1 aromatic carbocycles. The number of rotatable bonds is 2. The van der Waals surface area contributed by atoms with Gasteiger partial charge in [-0.2, -0.15) is 0 Å². The van der Waals surface area contributed by atoms with Crippen LogP contribution in [0.5, 0.6) is 5.75 Å². The Balaban J connectivity index is 3.30. The summed E-state index contributed by atoms with van der Waals surface area (Å²) in [5.74, 6) is 0.421. The lowest BCUT2D eigenvalue weighted by atomic mass is 10.3. The van der Waals surface area contributed by atoms with Crippen LogP contribution in [0.15, 0.2) is 21.5 Å². The Kier molecular flexibility index (Phi) is 3.16. The molecule has 0 aromatic heterocycles. The third-order valence-electron chi connectivity index (χ3n) is 1.45. The fourth-order valence-electron chi connectivity index (χ4n) is 0.835. The number of thiol groups is 1. The number of nitro benzene ring substituents is 1. The third-order valence-corrected chi connectivity index (χ3v) is 2.42. The van der Waals surface area contributed by atoms with Gasteiger partial charge in [-0.1, -0.05) is 0 Å². The van der Waals surface area contributed by atoms with Gasteiger partial charge in [0.25, 0.3) is 5.69 Å². The molecule has 6 heteroatoms. The molecule has 0 aliphatic heterocycles. The Bertz CT molecular complexity index is 356. The summed E-state index contributed by atoms with van der Waals surface area (Å²) in [5.41, 5.74) is -0.0663. The Hall–Kier alpha value is -0.750. The molecule has 0 saturated heterocycles. The van der Waals surface area contributed by atoms with Gasteiger partial charge in [0.05, 0.1) is 27.5 Å². The summed E-state index contributed by atoms with van der Waals surface area (Å²) in [6, 6.07) is 2.85. The van der Waals surface area contributed by atoms with E-state index in [1.165, 1.54) is 19.2 Å². The van der Waals surface area contributed by atoms with E-state index in [1.54, 1.807) is 0 Å². The van der Waals surface area contributed by atoms with Gasteiger partial charge in [0.1, 0.15) is 5.75 Å². The Morgan fingerprint density at radius 3 is 2.69 bits per heavy atom. The molecule has 0 unspecified atom stereocenters. The minimum atomic E-state index is -0.503. The Morgan fingerprint density at radius 2 is 2.23 bits per heavy atom. The molecule has 0 amide bonds. The normalized spacial score (nSPS) is 9.77. The maximum absolute atomic E-state index is 10.5. The van der Waals surface area contributed by atoms with Crippen molar-refractivity contribution in [3.05, 3.63) is 26.7 Å². The van der Waals surface area contributed by atoms with Crippen molar-refractivity contribution < 1.29 is 9.66 Å². The highest BCUT2D eigenvalue weighted by molar-refractivity contribution is 9.10. The monoisotopic (exact) mass is 263 g/mol. The summed E-state index contributed by atoms with van der Waals surface area (Å²) in [6.07, 6.45) is 0. The molecule has 0 N–H and O–H groups in total. The van der Waals surface area contributed by atoms with Crippen LogP contribution in [0.25, 0.3) is 0 Å². The van der Waals surface area contributed by atoms with Crippen molar-refractivity contribution in [2.45, 2.75) is 4.90 Å². The van der Waals surface area contributed by atoms with Crippen molar-refractivity contribution in [1.82, 2.24) is 0 Å². The molecule has 0 atom stereocenters. The van der Waals surface area contributed by atoms with E-state index in [0.717, 1.165) is 0 Å². The van der Waals surface area contributed by atoms with Crippen molar-refractivity contribution in [3.8, 4) is 5.75 Å². The number of nitrogens with zero attached hydrogens (tertiary/aromatic N) is 1. The van der Waals surface area contributed by atoms with E-state index in [-0.39, 0.29) is 5.69 Å². The molecule has 1 aromatic rings. The molecule has 0 saturated carbocycles. The Morgan fingerprint density at radius 1 is 1.62 bits per heavy atom. The largest absolute Gasteiger partial charge is 0.495 e. The average molecular weight is 264 g/mol. The molecule has 4 nitrogen and oxygen atoms in total. The first kappa shape index (κ1) is 10.3. The van der Waals surface area contributed by atoms with Gasteiger partial charge in [0.2, 0.25) is 0 Å². The fraction of sp³-hybridized carbons (Fsp3) is 0.143. The van der Waals surface area contributed by atoms with Crippen LogP contribution >= 0.6 is 28.6 Å². The summed E-state index contributed by atoms with van der Waals surface area (Å²) < 4.78 is 5.55. The summed E-state index contributed by atoms with van der Waals surface area (Å²) in [5, 5.41) is 10.5. The van der Waals surface area contributed by atoms with Crippen molar-refractivity contribution in [2.24, 2.45) is 0 Å². The highest BCUT2D eigenvalue weighted by Crippen LogP contribution is 2.34. The lowest BCUT2D eigenvalue weighted by Gasteiger charge is -2.03. The maximum Gasteiger partial charge on any atom is 0.286 e. The molecule has 0 spiro atoms. The van der Waals surface area contributed by atoms with E-state index in [0.29, 0.717) is 15.1 Å². The highest BCUT2D eigenvalue weighted by atomic mass is 79.9. The van der Waals surface area contributed by atoms with Crippen LogP contribution in [0.2, 0.25) is 0 Å². The molecular weight excluding hydrogens is 258 g/mol. The summed E-state index contributed by atoms with van der Waals surface area (Å²) in [6.45, 7) is 0. The van der Waals surface area contributed by atoms with Crippen LogP contribution < -0.4 is 4.74 Å². The second-order valence-corrected chi connectivity index (χ2v) is 3.57. The van der Waals surface area contributed by atoms with E-state index in [1.807, 2.05) is 0 Å². The van der Waals surface area contributed by atoms with Crippen molar-refractivity contribution in [1.29, 1.82) is 0 Å². The summed E-state index contributed by atoms with van der Waals surface area (Å²) >= 11 is 7.16. The average Bonchev–Trinajstić information content (AvgIpc) is 2.03. The predicted molar refractivity (Wildman–Crippen MR) is 54.6 cm³/mol. The fourth-order valence-corrected chi connectivity index (χ4v) is 1.79. The zero-order valence-corrected chi connectivity index (χ0v) is 9.13.